The van der Waals surface area contributed by atoms with Gasteiger partial charge < -0.3 is 9.73 Å². The molecule has 0 bridgehead atoms. The Morgan fingerprint density at radius 1 is 1.46 bits per heavy atom. The molecule has 3 aromatic heterocycles. The Balaban J connectivity index is 1.71. The second kappa shape index (κ2) is 7.63. The van der Waals surface area contributed by atoms with Gasteiger partial charge in [0.05, 0.1) is 12.0 Å². The highest BCUT2D eigenvalue weighted by Gasteiger charge is 2.18. The van der Waals surface area contributed by atoms with E-state index >= 15 is 0 Å². The molecule has 0 saturated carbocycles. The van der Waals surface area contributed by atoms with Crippen molar-refractivity contribution in [3.8, 4) is 11.6 Å². The van der Waals surface area contributed by atoms with Gasteiger partial charge in [0.1, 0.15) is 0 Å². The molecule has 0 atom stereocenters. The number of anilines is 1. The molecule has 0 spiro atoms. The van der Waals surface area contributed by atoms with Crippen LogP contribution in [0.3, 0.4) is 0 Å². The number of hydrogen-bond donors (Lipinski definition) is 1. The van der Waals surface area contributed by atoms with E-state index in [0.717, 1.165) is 6.54 Å². The topological polar surface area (TPSA) is 85.8 Å². The molecule has 9 heteroatoms. The molecule has 0 aromatic carbocycles. The number of furan rings is 1. The number of rotatable bonds is 7. The summed E-state index contributed by atoms with van der Waals surface area (Å²) in [6, 6.07) is 3.67. The normalized spacial score (nSPS) is 11.1. The van der Waals surface area contributed by atoms with E-state index < -0.39 is 0 Å². The zero-order valence-electron chi connectivity index (χ0n) is 13.3. The first-order chi connectivity index (χ1) is 11.6. The summed E-state index contributed by atoms with van der Waals surface area (Å²) in [4.78, 5) is 16.0. The van der Waals surface area contributed by atoms with Gasteiger partial charge in [0.15, 0.2) is 21.9 Å². The molecule has 1 amide bonds. The third kappa shape index (κ3) is 4.04. The molecule has 1 N–H and O–H groups in total. The first-order valence-corrected chi connectivity index (χ1v) is 9.29. The maximum atomic E-state index is 12.0. The largest absolute Gasteiger partial charge is 0.461 e. The monoisotopic (exact) mass is 363 g/mol. The Kier molecular flexibility index (Phi) is 5.31. The van der Waals surface area contributed by atoms with Crippen molar-refractivity contribution in [2.45, 2.75) is 25.5 Å². The van der Waals surface area contributed by atoms with Crippen LogP contribution in [0.4, 0.5) is 5.13 Å². The van der Waals surface area contributed by atoms with E-state index in [1.54, 1.807) is 12.5 Å². The fraction of sp³-hybridized carbons (Fsp3) is 0.333. The van der Waals surface area contributed by atoms with Gasteiger partial charge in [0.2, 0.25) is 5.91 Å². The number of aromatic nitrogens is 4. The van der Waals surface area contributed by atoms with E-state index in [2.05, 4.69) is 34.3 Å². The standard InChI is InChI=1S/C15H17N5O2S2/c1-10(2)8-20-13(11-4-3-6-22-11)18-19-15(20)24-9-12(21)17-14-16-5-7-23-14/h3-7,10H,8-9H2,1-2H3,(H,16,17,21). The number of carbonyl (C=O) groups excluding carboxylic acids is 1. The van der Waals surface area contributed by atoms with Crippen LogP contribution in [0, 0.1) is 5.92 Å². The number of amides is 1. The Labute approximate surface area is 147 Å². The SMILES string of the molecule is CC(C)Cn1c(SCC(=O)Nc2nccs2)nnc1-c1ccco1. The van der Waals surface area contributed by atoms with Gasteiger partial charge in [-0.25, -0.2) is 4.98 Å². The molecule has 3 heterocycles. The van der Waals surface area contributed by atoms with E-state index in [0.29, 0.717) is 27.8 Å². The summed E-state index contributed by atoms with van der Waals surface area (Å²) >= 11 is 2.74. The average molecular weight is 363 g/mol. The predicted octanol–water partition coefficient (Wildman–Crippen LogP) is 3.38. The minimum Gasteiger partial charge on any atom is -0.461 e. The predicted molar refractivity (Wildman–Crippen MR) is 94.0 cm³/mol. The summed E-state index contributed by atoms with van der Waals surface area (Å²) in [7, 11) is 0. The third-order valence-corrected chi connectivity index (χ3v) is 4.67. The molecule has 0 fully saturated rings. The van der Waals surface area contributed by atoms with Crippen molar-refractivity contribution in [2.75, 3.05) is 11.1 Å². The van der Waals surface area contributed by atoms with Crippen LogP contribution >= 0.6 is 23.1 Å². The molecule has 0 aliphatic heterocycles. The minimum absolute atomic E-state index is 0.117. The lowest BCUT2D eigenvalue weighted by atomic mass is 10.2. The summed E-state index contributed by atoms with van der Waals surface area (Å²) in [6.45, 7) is 4.99. The number of thiazole rings is 1. The smallest absolute Gasteiger partial charge is 0.236 e. The van der Waals surface area contributed by atoms with Gasteiger partial charge in [-0.05, 0) is 18.1 Å². The molecular formula is C15H17N5O2S2. The first-order valence-electron chi connectivity index (χ1n) is 7.42. The van der Waals surface area contributed by atoms with Crippen LogP contribution in [0.15, 0.2) is 39.5 Å². The lowest BCUT2D eigenvalue weighted by Crippen LogP contribution is -2.15. The van der Waals surface area contributed by atoms with E-state index in [1.807, 2.05) is 22.1 Å². The maximum absolute atomic E-state index is 12.0. The Bertz CT molecular complexity index is 781. The number of hydrogen-bond acceptors (Lipinski definition) is 7. The van der Waals surface area contributed by atoms with Crippen LogP contribution in [-0.2, 0) is 11.3 Å². The van der Waals surface area contributed by atoms with Gasteiger partial charge in [0, 0.05) is 18.1 Å². The second-order valence-electron chi connectivity index (χ2n) is 5.46. The fourth-order valence-corrected chi connectivity index (χ4v) is 3.38. The van der Waals surface area contributed by atoms with Crippen molar-refractivity contribution in [1.29, 1.82) is 0 Å². The molecular weight excluding hydrogens is 346 g/mol. The van der Waals surface area contributed by atoms with Gasteiger partial charge in [-0.1, -0.05) is 25.6 Å². The quantitative estimate of drug-likeness (QED) is 0.648. The van der Waals surface area contributed by atoms with E-state index in [9.17, 15) is 4.79 Å². The number of thioether (sulfide) groups is 1. The Morgan fingerprint density at radius 3 is 3.00 bits per heavy atom. The van der Waals surface area contributed by atoms with Gasteiger partial charge >= 0.3 is 0 Å². The summed E-state index contributed by atoms with van der Waals surface area (Å²) in [5.74, 6) is 1.89. The first kappa shape index (κ1) is 16.7. The molecule has 126 valence electrons. The van der Waals surface area contributed by atoms with E-state index in [-0.39, 0.29) is 11.7 Å². The van der Waals surface area contributed by atoms with E-state index in [4.69, 9.17) is 4.42 Å². The fourth-order valence-electron chi connectivity index (χ4n) is 2.08. The minimum atomic E-state index is -0.117. The van der Waals surface area contributed by atoms with Crippen LogP contribution in [-0.4, -0.2) is 31.4 Å². The number of carbonyl (C=O) groups is 1. The molecule has 3 aromatic rings. The van der Waals surface area contributed by atoms with Crippen molar-refractivity contribution in [3.05, 3.63) is 30.0 Å². The lowest BCUT2D eigenvalue weighted by molar-refractivity contribution is -0.113. The van der Waals surface area contributed by atoms with Crippen LogP contribution in [0.25, 0.3) is 11.6 Å². The summed E-state index contributed by atoms with van der Waals surface area (Å²) < 4.78 is 7.42. The van der Waals surface area contributed by atoms with Crippen molar-refractivity contribution in [1.82, 2.24) is 19.7 Å². The van der Waals surface area contributed by atoms with Gasteiger partial charge in [0.25, 0.3) is 0 Å². The molecule has 7 nitrogen and oxygen atoms in total. The summed E-state index contributed by atoms with van der Waals surface area (Å²) in [5, 5.41) is 14.3. The van der Waals surface area contributed by atoms with Gasteiger partial charge in [-0.2, -0.15) is 0 Å². The van der Waals surface area contributed by atoms with Crippen LogP contribution < -0.4 is 5.32 Å². The highest BCUT2D eigenvalue weighted by Crippen LogP contribution is 2.25. The van der Waals surface area contributed by atoms with Crippen molar-refractivity contribution >= 4 is 34.1 Å². The van der Waals surface area contributed by atoms with Crippen molar-refractivity contribution in [3.63, 3.8) is 0 Å². The number of nitrogens with zero attached hydrogens (tertiary/aromatic N) is 4. The molecule has 3 rings (SSSR count). The van der Waals surface area contributed by atoms with Gasteiger partial charge in [-0.3, -0.25) is 9.36 Å². The second-order valence-corrected chi connectivity index (χ2v) is 7.30. The molecule has 0 unspecified atom stereocenters. The van der Waals surface area contributed by atoms with Crippen LogP contribution in [0.5, 0.6) is 0 Å². The van der Waals surface area contributed by atoms with Crippen LogP contribution in [0.2, 0.25) is 0 Å². The average Bonchev–Trinajstić information content (AvgIpc) is 3.26. The summed E-state index contributed by atoms with van der Waals surface area (Å²) in [6.07, 6.45) is 3.26. The lowest BCUT2D eigenvalue weighted by Gasteiger charge is -2.11. The zero-order valence-corrected chi connectivity index (χ0v) is 14.9. The third-order valence-electron chi connectivity index (χ3n) is 3.02. The molecule has 0 aliphatic rings. The molecule has 0 aliphatic carbocycles. The van der Waals surface area contributed by atoms with E-state index in [1.165, 1.54) is 23.1 Å². The van der Waals surface area contributed by atoms with Gasteiger partial charge in [-0.15, -0.1) is 21.5 Å². The maximum Gasteiger partial charge on any atom is 0.236 e. The highest BCUT2D eigenvalue weighted by molar-refractivity contribution is 7.99. The van der Waals surface area contributed by atoms with Crippen molar-refractivity contribution in [2.24, 2.45) is 5.92 Å². The highest BCUT2D eigenvalue weighted by atomic mass is 32.2. The zero-order chi connectivity index (χ0) is 16.9. The Hall–Kier alpha value is -2.13. The van der Waals surface area contributed by atoms with Crippen LogP contribution in [0.1, 0.15) is 13.8 Å². The summed E-state index contributed by atoms with van der Waals surface area (Å²) in [5.41, 5.74) is 0. The molecule has 24 heavy (non-hydrogen) atoms. The Morgan fingerprint density at radius 2 is 2.33 bits per heavy atom. The molecule has 0 radical (unpaired) electrons. The number of nitrogens with one attached hydrogen (secondary N) is 1. The van der Waals surface area contributed by atoms with Crippen molar-refractivity contribution < 1.29 is 9.21 Å². The molecule has 0 saturated heterocycles.